The number of epoxide rings is 1. The number of ether oxygens (including phenoxy) is 3. The molecule has 27 heavy (non-hydrogen) atoms. The van der Waals surface area contributed by atoms with E-state index in [0.717, 1.165) is 32.1 Å². The van der Waals surface area contributed by atoms with Gasteiger partial charge in [0.05, 0.1) is 11.7 Å². The van der Waals surface area contributed by atoms with Crippen molar-refractivity contribution in [2.75, 3.05) is 0 Å². The van der Waals surface area contributed by atoms with Crippen LogP contribution >= 0.6 is 0 Å². The highest BCUT2D eigenvalue weighted by molar-refractivity contribution is 5.89. The van der Waals surface area contributed by atoms with Crippen LogP contribution in [0.4, 0.5) is 0 Å². The Morgan fingerprint density at radius 1 is 1.26 bits per heavy atom. The molecule has 0 N–H and O–H groups in total. The fourth-order valence-electron chi connectivity index (χ4n) is 4.44. The number of hydrogen-bond donors (Lipinski definition) is 0. The molecule has 0 spiro atoms. The van der Waals surface area contributed by atoms with Crippen LogP contribution in [0.2, 0.25) is 0 Å². The van der Waals surface area contributed by atoms with Crippen molar-refractivity contribution in [3.63, 3.8) is 0 Å². The molecule has 2 saturated heterocycles. The van der Waals surface area contributed by atoms with Gasteiger partial charge < -0.3 is 14.2 Å². The highest BCUT2D eigenvalue weighted by Crippen LogP contribution is 2.47. The number of allylic oxidation sites excluding steroid dienone is 2. The van der Waals surface area contributed by atoms with Gasteiger partial charge in [-0.05, 0) is 71.6 Å². The van der Waals surface area contributed by atoms with E-state index in [1.807, 2.05) is 6.92 Å². The molecule has 2 aliphatic heterocycles. The third-order valence-electron chi connectivity index (χ3n) is 6.53. The highest BCUT2D eigenvalue weighted by atomic mass is 16.6. The van der Waals surface area contributed by atoms with Crippen molar-refractivity contribution in [2.24, 2.45) is 5.92 Å². The lowest BCUT2D eigenvalue weighted by molar-refractivity contribution is -0.180. The monoisotopic (exact) mass is 376 g/mol. The molecule has 0 aromatic heterocycles. The molecule has 150 valence electrons. The predicted octanol–water partition coefficient (Wildman–Crippen LogP) is 4.25. The second kappa shape index (κ2) is 7.42. The van der Waals surface area contributed by atoms with Gasteiger partial charge in [-0.3, -0.25) is 4.79 Å². The molecule has 3 unspecified atom stereocenters. The Labute approximate surface area is 162 Å². The molecule has 0 radical (unpaired) electrons. The Hall–Kier alpha value is -1.62. The molecule has 3 aliphatic rings. The van der Waals surface area contributed by atoms with Crippen molar-refractivity contribution in [1.82, 2.24) is 0 Å². The molecule has 2 heterocycles. The van der Waals surface area contributed by atoms with Crippen molar-refractivity contribution >= 4 is 11.9 Å². The molecule has 3 rings (SSSR count). The zero-order valence-electron chi connectivity index (χ0n) is 17.0. The second-order valence-electron chi connectivity index (χ2n) is 8.84. The van der Waals surface area contributed by atoms with Crippen molar-refractivity contribution in [3.8, 4) is 0 Å². The molecule has 0 aromatic rings. The summed E-state index contributed by atoms with van der Waals surface area (Å²) in [4.78, 5) is 24.4. The normalized spacial score (nSPS) is 42.1. The summed E-state index contributed by atoms with van der Waals surface area (Å²) in [5.74, 6) is -0.673. The van der Waals surface area contributed by atoms with Gasteiger partial charge in [0.15, 0.2) is 0 Å². The van der Waals surface area contributed by atoms with Gasteiger partial charge in [0.2, 0.25) is 0 Å². The minimum Gasteiger partial charge on any atom is -0.458 e. The Morgan fingerprint density at radius 2 is 2.00 bits per heavy atom. The van der Waals surface area contributed by atoms with Gasteiger partial charge in [0.1, 0.15) is 11.7 Å². The maximum absolute atomic E-state index is 12.7. The van der Waals surface area contributed by atoms with Crippen LogP contribution in [0.15, 0.2) is 23.8 Å². The Kier molecular flexibility index (Phi) is 5.53. The number of rotatable bonds is 1. The van der Waals surface area contributed by atoms with Crippen LogP contribution in [0, 0.1) is 5.92 Å². The van der Waals surface area contributed by atoms with Crippen molar-refractivity contribution in [2.45, 2.75) is 96.1 Å². The van der Waals surface area contributed by atoms with Gasteiger partial charge in [-0.25, -0.2) is 4.79 Å². The SMILES string of the molecule is C=C1C(=O)O[C@]2(C)CCC1CC1OC1(C)CC/C=C(\C)CC[C@H]2OC(C)=O. The van der Waals surface area contributed by atoms with Crippen molar-refractivity contribution in [1.29, 1.82) is 0 Å². The third kappa shape index (κ3) is 4.45. The zero-order valence-corrected chi connectivity index (χ0v) is 17.0. The maximum Gasteiger partial charge on any atom is 0.334 e. The van der Waals surface area contributed by atoms with Gasteiger partial charge in [0.25, 0.3) is 0 Å². The Balaban J connectivity index is 1.90. The van der Waals surface area contributed by atoms with Crippen LogP contribution in [-0.4, -0.2) is 35.3 Å². The largest absolute Gasteiger partial charge is 0.458 e. The molecule has 0 saturated carbocycles. The third-order valence-corrected chi connectivity index (χ3v) is 6.53. The molecule has 2 fully saturated rings. The minimum absolute atomic E-state index is 0.0457. The zero-order chi connectivity index (χ0) is 19.8. The first-order valence-corrected chi connectivity index (χ1v) is 10.1. The minimum atomic E-state index is -0.835. The van der Waals surface area contributed by atoms with E-state index in [0.29, 0.717) is 18.4 Å². The first kappa shape index (κ1) is 20.1. The summed E-state index contributed by atoms with van der Waals surface area (Å²) in [5, 5.41) is 0. The smallest absolute Gasteiger partial charge is 0.334 e. The fraction of sp³-hybridized carbons (Fsp3) is 0.727. The van der Waals surface area contributed by atoms with Crippen LogP contribution in [0.5, 0.6) is 0 Å². The molecule has 0 amide bonds. The number of carbonyl (C=O) groups is 2. The van der Waals surface area contributed by atoms with E-state index in [1.54, 1.807) is 0 Å². The van der Waals surface area contributed by atoms with E-state index < -0.39 is 11.7 Å². The lowest BCUT2D eigenvalue weighted by Crippen LogP contribution is -2.45. The van der Waals surface area contributed by atoms with E-state index in [-0.39, 0.29) is 29.6 Å². The van der Waals surface area contributed by atoms with Crippen molar-refractivity contribution in [3.05, 3.63) is 23.8 Å². The second-order valence-corrected chi connectivity index (χ2v) is 8.84. The molecular weight excluding hydrogens is 344 g/mol. The standard InChI is InChI=1S/C22H32O5/c1-14-7-6-11-21(4)19(26-21)13-17-10-12-22(5,27-20(24)15(17)2)18(9-8-14)25-16(3)23/h7,17-19H,2,6,8-13H2,1,3-5H3/b14-7+/t17?,18-,19?,21?,22-/m1/s1. The number of carbonyl (C=O) groups excluding carboxylic acids is 2. The molecule has 2 bridgehead atoms. The number of esters is 2. The summed E-state index contributed by atoms with van der Waals surface area (Å²) in [6, 6.07) is 0. The van der Waals surface area contributed by atoms with Crippen LogP contribution in [0.3, 0.4) is 0 Å². The molecule has 1 aliphatic carbocycles. The summed E-state index contributed by atoms with van der Waals surface area (Å²) in [6.07, 6.45) is 7.56. The Morgan fingerprint density at radius 3 is 2.70 bits per heavy atom. The maximum atomic E-state index is 12.7. The molecular formula is C22H32O5. The molecule has 5 nitrogen and oxygen atoms in total. The summed E-state index contributed by atoms with van der Waals surface area (Å²) < 4.78 is 17.5. The lowest BCUT2D eigenvalue weighted by Gasteiger charge is -2.35. The predicted molar refractivity (Wildman–Crippen MR) is 102 cm³/mol. The average Bonchev–Trinajstić information content (AvgIpc) is 3.24. The van der Waals surface area contributed by atoms with E-state index in [2.05, 4.69) is 26.5 Å². The van der Waals surface area contributed by atoms with Gasteiger partial charge in [-0.15, -0.1) is 0 Å². The molecule has 5 heteroatoms. The molecule has 0 aromatic carbocycles. The Bertz CT molecular complexity index is 666. The van der Waals surface area contributed by atoms with Gasteiger partial charge >= 0.3 is 11.9 Å². The van der Waals surface area contributed by atoms with E-state index in [4.69, 9.17) is 14.2 Å². The fourth-order valence-corrected chi connectivity index (χ4v) is 4.44. The van der Waals surface area contributed by atoms with Gasteiger partial charge in [-0.2, -0.15) is 0 Å². The van der Waals surface area contributed by atoms with Crippen LogP contribution in [0.1, 0.15) is 72.6 Å². The molecule has 5 atom stereocenters. The summed E-state index contributed by atoms with van der Waals surface area (Å²) >= 11 is 0. The lowest BCUT2D eigenvalue weighted by atomic mass is 9.82. The average molecular weight is 376 g/mol. The van der Waals surface area contributed by atoms with Crippen LogP contribution in [0.25, 0.3) is 0 Å². The van der Waals surface area contributed by atoms with Crippen LogP contribution in [-0.2, 0) is 23.8 Å². The number of fused-ring (bicyclic) bond motifs is 4. The summed E-state index contributed by atoms with van der Waals surface area (Å²) in [5.41, 5.74) is 0.845. The van der Waals surface area contributed by atoms with E-state index >= 15 is 0 Å². The van der Waals surface area contributed by atoms with E-state index in [1.165, 1.54) is 12.5 Å². The summed E-state index contributed by atoms with van der Waals surface area (Å²) in [6.45, 7) is 11.6. The van der Waals surface area contributed by atoms with Gasteiger partial charge in [0, 0.05) is 12.5 Å². The highest BCUT2D eigenvalue weighted by Gasteiger charge is 2.53. The van der Waals surface area contributed by atoms with Crippen molar-refractivity contribution < 1.29 is 23.8 Å². The topological polar surface area (TPSA) is 65.1 Å². The van der Waals surface area contributed by atoms with E-state index in [9.17, 15) is 9.59 Å². The first-order valence-electron chi connectivity index (χ1n) is 10.1. The summed E-state index contributed by atoms with van der Waals surface area (Å²) in [7, 11) is 0. The quantitative estimate of drug-likeness (QED) is 0.296. The number of hydrogen-bond acceptors (Lipinski definition) is 5. The first-order chi connectivity index (χ1) is 12.6. The van der Waals surface area contributed by atoms with Crippen LogP contribution < -0.4 is 0 Å². The van der Waals surface area contributed by atoms with Gasteiger partial charge in [-0.1, -0.05) is 18.2 Å².